The highest BCUT2D eigenvalue weighted by Gasteiger charge is 2.19. The number of hydrogen-bond donors (Lipinski definition) is 2. The van der Waals surface area contributed by atoms with Gasteiger partial charge in [0.05, 0.1) is 16.7 Å². The van der Waals surface area contributed by atoms with Crippen LogP contribution < -0.4 is 5.73 Å². The summed E-state index contributed by atoms with van der Waals surface area (Å²) in [4.78, 5) is 7.67. The number of imidazole rings is 1. The third kappa shape index (κ3) is 3.45. The van der Waals surface area contributed by atoms with Crippen LogP contribution in [0, 0.1) is 13.8 Å². The molecule has 1 atom stereocenters. The molecule has 0 aliphatic heterocycles. The first-order valence-electron chi connectivity index (χ1n) is 9.32. The highest BCUT2D eigenvalue weighted by molar-refractivity contribution is 5.88. The topological polar surface area (TPSA) is 80.7 Å². The predicted molar refractivity (Wildman–Crippen MR) is 111 cm³/mol. The van der Waals surface area contributed by atoms with Crippen LogP contribution in [0.2, 0.25) is 0 Å². The summed E-state index contributed by atoms with van der Waals surface area (Å²) in [6.07, 6.45) is 0. The summed E-state index contributed by atoms with van der Waals surface area (Å²) in [5, 5.41) is 4.08. The van der Waals surface area contributed by atoms with Gasteiger partial charge in [0.25, 0.3) is 0 Å². The second-order valence-electron chi connectivity index (χ2n) is 6.42. The van der Waals surface area contributed by atoms with Gasteiger partial charge in [0, 0.05) is 11.5 Å². The molecule has 0 aliphatic rings. The molecule has 0 spiro atoms. The molecule has 2 aromatic carbocycles. The summed E-state index contributed by atoms with van der Waals surface area (Å²) < 4.78 is 5.35. The van der Waals surface area contributed by atoms with Crippen molar-refractivity contribution in [2.24, 2.45) is 0 Å². The molecule has 27 heavy (non-hydrogen) atoms. The van der Waals surface area contributed by atoms with E-state index in [1.807, 2.05) is 33.8 Å². The number of aromatic amines is 1. The van der Waals surface area contributed by atoms with Crippen molar-refractivity contribution in [1.29, 1.82) is 0 Å². The summed E-state index contributed by atoms with van der Waals surface area (Å²) in [6.45, 7) is 10.1. The smallest absolute Gasteiger partial charge is 0.198 e. The maximum atomic E-state index is 5.93. The lowest BCUT2D eigenvalue weighted by Gasteiger charge is -2.15. The molecule has 0 aliphatic carbocycles. The van der Waals surface area contributed by atoms with E-state index in [1.165, 1.54) is 5.56 Å². The molecule has 5 nitrogen and oxygen atoms in total. The maximum absolute atomic E-state index is 5.93. The molecule has 0 bridgehead atoms. The minimum absolute atomic E-state index is 0.187. The van der Waals surface area contributed by atoms with Crippen LogP contribution in [0.1, 0.15) is 49.3 Å². The lowest BCUT2D eigenvalue weighted by atomic mass is 9.89. The highest BCUT2D eigenvalue weighted by Crippen LogP contribution is 2.36. The van der Waals surface area contributed by atoms with Crippen LogP contribution in [-0.4, -0.2) is 15.1 Å². The number of H-pyrrole nitrogens is 1. The predicted octanol–water partition coefficient (Wildman–Crippen LogP) is 5.59. The lowest BCUT2D eigenvalue weighted by molar-refractivity contribution is 0.393. The van der Waals surface area contributed by atoms with Crippen molar-refractivity contribution in [2.45, 2.75) is 40.5 Å². The number of benzene rings is 2. The number of aromatic nitrogens is 3. The molecule has 4 aromatic rings. The number of rotatable bonds is 3. The fraction of sp³-hybridized carbons (Fsp3) is 0.273. The van der Waals surface area contributed by atoms with Crippen LogP contribution in [0.5, 0.6) is 0 Å². The van der Waals surface area contributed by atoms with E-state index in [1.54, 1.807) is 0 Å². The van der Waals surface area contributed by atoms with Gasteiger partial charge in [-0.15, -0.1) is 0 Å². The SMILES string of the molecule is CC.Cc1noc(C)c1-c1cc(C(C)c2ccccc2)c2nc(N)[nH]c2c1. The molecule has 1 unspecified atom stereocenters. The van der Waals surface area contributed by atoms with E-state index in [9.17, 15) is 0 Å². The summed E-state index contributed by atoms with van der Waals surface area (Å²) in [5.74, 6) is 1.42. The van der Waals surface area contributed by atoms with Crippen molar-refractivity contribution >= 4 is 17.0 Å². The monoisotopic (exact) mass is 362 g/mol. The van der Waals surface area contributed by atoms with Gasteiger partial charge >= 0.3 is 0 Å². The average molecular weight is 362 g/mol. The lowest BCUT2D eigenvalue weighted by Crippen LogP contribution is -1.98. The zero-order valence-corrected chi connectivity index (χ0v) is 16.5. The van der Waals surface area contributed by atoms with Gasteiger partial charge in [-0.2, -0.15) is 0 Å². The second-order valence-corrected chi connectivity index (χ2v) is 6.42. The Balaban J connectivity index is 0.00000102. The molecule has 3 N–H and O–H groups in total. The molecule has 0 saturated heterocycles. The first-order valence-corrected chi connectivity index (χ1v) is 9.32. The van der Waals surface area contributed by atoms with E-state index < -0.39 is 0 Å². The van der Waals surface area contributed by atoms with Crippen LogP contribution in [0.4, 0.5) is 5.95 Å². The van der Waals surface area contributed by atoms with E-state index >= 15 is 0 Å². The number of nitrogens with zero attached hydrogens (tertiary/aromatic N) is 2. The zero-order chi connectivity index (χ0) is 19.6. The first-order chi connectivity index (χ1) is 13.0. The van der Waals surface area contributed by atoms with Crippen LogP contribution in [0.25, 0.3) is 22.2 Å². The number of hydrogen-bond acceptors (Lipinski definition) is 4. The van der Waals surface area contributed by atoms with Gasteiger partial charge in [-0.3, -0.25) is 0 Å². The van der Waals surface area contributed by atoms with E-state index in [0.29, 0.717) is 5.95 Å². The molecule has 0 radical (unpaired) electrons. The number of fused-ring (bicyclic) bond motifs is 1. The Morgan fingerprint density at radius 1 is 1.07 bits per heavy atom. The van der Waals surface area contributed by atoms with E-state index in [0.717, 1.165) is 39.2 Å². The van der Waals surface area contributed by atoms with Crippen LogP contribution in [-0.2, 0) is 0 Å². The van der Waals surface area contributed by atoms with Crippen LogP contribution in [0.3, 0.4) is 0 Å². The Bertz CT molecular complexity index is 1030. The Morgan fingerprint density at radius 3 is 2.41 bits per heavy atom. The van der Waals surface area contributed by atoms with Crippen molar-refractivity contribution in [1.82, 2.24) is 15.1 Å². The Morgan fingerprint density at radius 2 is 1.78 bits per heavy atom. The molecule has 2 aromatic heterocycles. The maximum Gasteiger partial charge on any atom is 0.198 e. The molecule has 0 fully saturated rings. The number of nitrogens with one attached hydrogen (secondary N) is 1. The van der Waals surface area contributed by atoms with E-state index in [4.69, 9.17) is 10.3 Å². The number of nitrogens with two attached hydrogens (primary N) is 1. The van der Waals surface area contributed by atoms with E-state index in [2.05, 4.69) is 58.4 Å². The molecular formula is C22H26N4O. The number of anilines is 1. The Hall–Kier alpha value is -3.08. The van der Waals surface area contributed by atoms with Crippen molar-refractivity contribution in [3.63, 3.8) is 0 Å². The van der Waals surface area contributed by atoms with Gasteiger partial charge in [-0.1, -0.05) is 56.3 Å². The molecule has 0 saturated carbocycles. The third-order valence-corrected chi connectivity index (χ3v) is 4.72. The molecular weight excluding hydrogens is 336 g/mol. The minimum Gasteiger partial charge on any atom is -0.369 e. The van der Waals surface area contributed by atoms with Crippen LogP contribution >= 0.6 is 0 Å². The molecule has 2 heterocycles. The van der Waals surface area contributed by atoms with Gasteiger partial charge in [0.15, 0.2) is 5.95 Å². The van der Waals surface area contributed by atoms with E-state index in [-0.39, 0.29) is 5.92 Å². The van der Waals surface area contributed by atoms with Crippen molar-refractivity contribution < 1.29 is 4.52 Å². The number of aryl methyl sites for hydroxylation is 2. The van der Waals surface area contributed by atoms with Crippen molar-refractivity contribution in [2.75, 3.05) is 5.73 Å². The molecule has 0 amide bonds. The quantitative estimate of drug-likeness (QED) is 0.497. The van der Waals surface area contributed by atoms with Crippen molar-refractivity contribution in [3.8, 4) is 11.1 Å². The number of nitrogen functional groups attached to an aromatic ring is 1. The Kier molecular flexibility index (Phi) is 5.31. The third-order valence-electron chi connectivity index (χ3n) is 4.72. The fourth-order valence-electron chi connectivity index (χ4n) is 3.45. The average Bonchev–Trinajstić information content (AvgIpc) is 3.23. The molecule has 4 rings (SSSR count). The largest absolute Gasteiger partial charge is 0.369 e. The summed E-state index contributed by atoms with van der Waals surface area (Å²) in [6, 6.07) is 14.6. The standard InChI is InChI=1S/C20H20N4O.C2H6/c1-11(14-7-5-4-6-8-14)16-9-15(18-12(2)24-25-13(18)3)10-17-19(16)23-20(21)22-17;1-2/h4-11H,1-3H3,(H3,21,22,23);1-2H3. The Labute approximate surface area is 159 Å². The normalized spacial score (nSPS) is 11.9. The molecule has 140 valence electrons. The van der Waals surface area contributed by atoms with Crippen LogP contribution in [0.15, 0.2) is 47.0 Å². The van der Waals surface area contributed by atoms with Gasteiger partial charge < -0.3 is 15.2 Å². The first kappa shape index (κ1) is 18.7. The summed E-state index contributed by atoms with van der Waals surface area (Å²) >= 11 is 0. The van der Waals surface area contributed by atoms with Crippen molar-refractivity contribution in [3.05, 3.63) is 65.0 Å². The summed E-state index contributed by atoms with van der Waals surface area (Å²) in [7, 11) is 0. The minimum atomic E-state index is 0.187. The van der Waals surface area contributed by atoms with Gasteiger partial charge in [-0.25, -0.2) is 4.98 Å². The molecule has 5 heteroatoms. The summed E-state index contributed by atoms with van der Waals surface area (Å²) in [5.41, 5.74) is 13.1. The zero-order valence-electron chi connectivity index (χ0n) is 16.5. The van der Waals surface area contributed by atoms with Gasteiger partial charge in [0.2, 0.25) is 0 Å². The fourth-order valence-corrected chi connectivity index (χ4v) is 3.45. The van der Waals surface area contributed by atoms with Gasteiger partial charge in [-0.05, 0) is 42.7 Å². The van der Waals surface area contributed by atoms with Gasteiger partial charge in [0.1, 0.15) is 5.76 Å². The second kappa shape index (κ2) is 7.66. The highest BCUT2D eigenvalue weighted by atomic mass is 16.5.